The van der Waals surface area contributed by atoms with Crippen LogP contribution in [0.25, 0.3) is 0 Å². The second-order valence-corrected chi connectivity index (χ2v) is 6.61. The molecule has 1 amide bonds. The molecule has 0 spiro atoms. The maximum atomic E-state index is 11.8. The van der Waals surface area contributed by atoms with Gasteiger partial charge in [-0.25, -0.2) is 18.4 Å². The molecule has 23 heavy (non-hydrogen) atoms. The number of amides is 1. The molecule has 0 fully saturated rings. The van der Waals surface area contributed by atoms with E-state index in [0.717, 1.165) is 5.56 Å². The molecule has 1 unspecified atom stereocenters. The number of nitrogens with two attached hydrogens (primary N) is 1. The highest BCUT2D eigenvalue weighted by Gasteiger charge is 2.14. The molecule has 1 atom stereocenters. The summed E-state index contributed by atoms with van der Waals surface area (Å²) in [6.07, 6.45) is -0.581. The van der Waals surface area contributed by atoms with Crippen LogP contribution in [0.4, 0.5) is 4.79 Å². The molecule has 0 heterocycles. The van der Waals surface area contributed by atoms with Gasteiger partial charge in [-0.3, -0.25) is 0 Å². The van der Waals surface area contributed by atoms with Gasteiger partial charge in [-0.15, -0.1) is 0 Å². The molecule has 0 aliphatic rings. The summed E-state index contributed by atoms with van der Waals surface area (Å²) in [6.45, 7) is 1.89. The monoisotopic (exact) mass is 334 g/mol. The van der Waals surface area contributed by atoms with Crippen LogP contribution in [0, 0.1) is 0 Å². The van der Waals surface area contributed by atoms with E-state index in [1.54, 1.807) is 19.1 Å². The van der Waals surface area contributed by atoms with Crippen LogP contribution in [0.15, 0.2) is 59.5 Å². The zero-order valence-electron chi connectivity index (χ0n) is 12.6. The average molecular weight is 334 g/mol. The molecule has 0 aromatic heterocycles. The Morgan fingerprint density at radius 3 is 2.52 bits per heavy atom. The van der Waals surface area contributed by atoms with Gasteiger partial charge in [0.1, 0.15) is 6.61 Å². The topological polar surface area (TPSA) is 98.5 Å². The molecule has 0 radical (unpaired) electrons. The van der Waals surface area contributed by atoms with Gasteiger partial charge in [0.05, 0.1) is 10.9 Å². The number of alkyl carbamates (subject to hydrolysis) is 1. The summed E-state index contributed by atoms with van der Waals surface area (Å²) in [6, 6.07) is 15.0. The second-order valence-electron chi connectivity index (χ2n) is 5.05. The Hall–Kier alpha value is -2.38. The maximum absolute atomic E-state index is 11.8. The maximum Gasteiger partial charge on any atom is 0.407 e. The molecule has 2 aromatic rings. The second kappa shape index (κ2) is 7.26. The zero-order chi connectivity index (χ0) is 16.9. The number of carbonyl (C=O) groups is 1. The summed E-state index contributed by atoms with van der Waals surface area (Å²) < 4.78 is 27.8. The first-order chi connectivity index (χ1) is 10.9. The van der Waals surface area contributed by atoms with Crippen molar-refractivity contribution in [1.82, 2.24) is 5.32 Å². The summed E-state index contributed by atoms with van der Waals surface area (Å²) in [5.41, 5.74) is 1.50. The fourth-order valence-corrected chi connectivity index (χ4v) is 2.55. The van der Waals surface area contributed by atoms with Crippen LogP contribution in [0.5, 0.6) is 0 Å². The minimum Gasteiger partial charge on any atom is -0.445 e. The van der Waals surface area contributed by atoms with E-state index in [1.807, 2.05) is 30.3 Å². The number of hydrogen-bond acceptors (Lipinski definition) is 4. The van der Waals surface area contributed by atoms with Crippen LogP contribution in [0.3, 0.4) is 0 Å². The van der Waals surface area contributed by atoms with Crippen LogP contribution in [-0.4, -0.2) is 14.5 Å². The molecule has 2 rings (SSSR count). The number of benzene rings is 2. The molecule has 6 nitrogen and oxygen atoms in total. The van der Waals surface area contributed by atoms with Gasteiger partial charge in [-0.05, 0) is 30.2 Å². The Morgan fingerprint density at radius 2 is 1.87 bits per heavy atom. The van der Waals surface area contributed by atoms with Gasteiger partial charge in [-0.1, -0.05) is 42.5 Å². The lowest BCUT2D eigenvalue weighted by Crippen LogP contribution is -2.27. The van der Waals surface area contributed by atoms with Gasteiger partial charge in [0, 0.05) is 0 Å². The van der Waals surface area contributed by atoms with Crippen LogP contribution in [0.1, 0.15) is 24.1 Å². The third kappa shape index (κ3) is 5.08. The fourth-order valence-electron chi connectivity index (χ4n) is 1.99. The lowest BCUT2D eigenvalue weighted by atomic mass is 10.1. The average Bonchev–Trinajstić information content (AvgIpc) is 2.53. The normalized spacial score (nSPS) is 12.4. The van der Waals surface area contributed by atoms with Crippen LogP contribution >= 0.6 is 0 Å². The third-order valence-electron chi connectivity index (χ3n) is 3.23. The molecular weight excluding hydrogens is 316 g/mol. The molecule has 0 bridgehead atoms. The Balaban J connectivity index is 1.96. The Kier molecular flexibility index (Phi) is 5.36. The number of sulfonamides is 1. The van der Waals surface area contributed by atoms with Crippen molar-refractivity contribution in [3.63, 3.8) is 0 Å². The van der Waals surface area contributed by atoms with Gasteiger partial charge >= 0.3 is 6.09 Å². The van der Waals surface area contributed by atoms with E-state index in [4.69, 9.17) is 9.88 Å². The van der Waals surface area contributed by atoms with Crippen molar-refractivity contribution in [3.05, 3.63) is 65.7 Å². The highest BCUT2D eigenvalue weighted by molar-refractivity contribution is 7.89. The Labute approximate surface area is 135 Å². The summed E-state index contributed by atoms with van der Waals surface area (Å²) in [4.78, 5) is 11.8. The van der Waals surface area contributed by atoms with E-state index in [0.29, 0.717) is 5.56 Å². The minimum absolute atomic E-state index is 0.00121. The van der Waals surface area contributed by atoms with Crippen molar-refractivity contribution in [2.75, 3.05) is 0 Å². The fraction of sp³-hybridized carbons (Fsp3) is 0.188. The largest absolute Gasteiger partial charge is 0.445 e. The highest BCUT2D eigenvalue weighted by Crippen LogP contribution is 2.16. The Morgan fingerprint density at radius 1 is 1.17 bits per heavy atom. The van der Waals surface area contributed by atoms with E-state index < -0.39 is 22.2 Å². The van der Waals surface area contributed by atoms with E-state index in [2.05, 4.69) is 5.32 Å². The third-order valence-corrected chi connectivity index (χ3v) is 4.14. The van der Waals surface area contributed by atoms with Crippen molar-refractivity contribution >= 4 is 16.1 Å². The predicted molar refractivity (Wildman–Crippen MR) is 86.0 cm³/mol. The van der Waals surface area contributed by atoms with Crippen LogP contribution < -0.4 is 10.5 Å². The molecule has 0 saturated heterocycles. The van der Waals surface area contributed by atoms with Gasteiger partial charge in [0.2, 0.25) is 10.0 Å². The van der Waals surface area contributed by atoms with E-state index in [1.165, 1.54) is 12.1 Å². The summed E-state index contributed by atoms with van der Waals surface area (Å²) in [5.74, 6) is 0. The summed E-state index contributed by atoms with van der Waals surface area (Å²) >= 11 is 0. The van der Waals surface area contributed by atoms with E-state index >= 15 is 0 Å². The number of hydrogen-bond donors (Lipinski definition) is 2. The van der Waals surface area contributed by atoms with E-state index in [9.17, 15) is 13.2 Å². The molecule has 0 saturated carbocycles. The SMILES string of the molecule is CC(NC(=O)OCc1ccccc1)c1cccc(S(N)(=O)=O)c1. The molecular formula is C16H18N2O4S. The smallest absolute Gasteiger partial charge is 0.407 e. The number of nitrogens with one attached hydrogen (secondary N) is 1. The van der Waals surface area contributed by atoms with Gasteiger partial charge in [-0.2, -0.15) is 0 Å². The summed E-state index contributed by atoms with van der Waals surface area (Å²) in [5, 5.41) is 7.75. The van der Waals surface area contributed by atoms with Crippen molar-refractivity contribution in [2.45, 2.75) is 24.5 Å². The Bertz CT molecular complexity index is 776. The number of carbonyl (C=O) groups excluding carboxylic acids is 1. The number of ether oxygens (including phenoxy) is 1. The van der Waals surface area contributed by atoms with Crippen molar-refractivity contribution < 1.29 is 17.9 Å². The zero-order valence-corrected chi connectivity index (χ0v) is 13.4. The molecule has 2 aromatic carbocycles. The van der Waals surface area contributed by atoms with Gasteiger partial charge < -0.3 is 10.1 Å². The quantitative estimate of drug-likeness (QED) is 0.876. The molecule has 0 aliphatic heterocycles. The van der Waals surface area contributed by atoms with Crippen LogP contribution in [0.2, 0.25) is 0 Å². The predicted octanol–water partition coefficient (Wildman–Crippen LogP) is 2.32. The van der Waals surface area contributed by atoms with Crippen molar-refractivity contribution in [3.8, 4) is 0 Å². The highest BCUT2D eigenvalue weighted by atomic mass is 32.2. The lowest BCUT2D eigenvalue weighted by molar-refractivity contribution is 0.136. The molecule has 7 heteroatoms. The van der Waals surface area contributed by atoms with Crippen LogP contribution in [-0.2, 0) is 21.4 Å². The van der Waals surface area contributed by atoms with Crippen molar-refractivity contribution in [1.29, 1.82) is 0 Å². The first-order valence-electron chi connectivity index (χ1n) is 6.96. The first kappa shape index (κ1) is 17.0. The lowest BCUT2D eigenvalue weighted by Gasteiger charge is -2.15. The first-order valence-corrected chi connectivity index (χ1v) is 8.51. The summed E-state index contributed by atoms with van der Waals surface area (Å²) in [7, 11) is -3.78. The molecule has 3 N–H and O–H groups in total. The number of primary sulfonamides is 1. The molecule has 0 aliphatic carbocycles. The van der Waals surface area contributed by atoms with Gasteiger partial charge in [0.25, 0.3) is 0 Å². The minimum atomic E-state index is -3.78. The van der Waals surface area contributed by atoms with Gasteiger partial charge in [0.15, 0.2) is 0 Å². The standard InChI is InChI=1S/C16H18N2O4S/c1-12(14-8-5-9-15(10-14)23(17,20)21)18-16(19)22-11-13-6-3-2-4-7-13/h2-10,12H,11H2,1H3,(H,18,19)(H2,17,20,21). The van der Waals surface area contributed by atoms with E-state index in [-0.39, 0.29) is 11.5 Å². The molecule has 122 valence electrons. The van der Waals surface area contributed by atoms with Crippen molar-refractivity contribution in [2.24, 2.45) is 5.14 Å². The number of rotatable bonds is 5.